The second-order valence-electron chi connectivity index (χ2n) is 6.81. The van der Waals surface area contributed by atoms with Crippen molar-refractivity contribution in [3.05, 3.63) is 83.4 Å². The Morgan fingerprint density at radius 3 is 1.81 bits per heavy atom. The van der Waals surface area contributed by atoms with Crippen molar-refractivity contribution in [3.8, 4) is 22.3 Å². The van der Waals surface area contributed by atoms with E-state index in [0.29, 0.717) is 17.0 Å². The van der Waals surface area contributed by atoms with Gasteiger partial charge in [-0.3, -0.25) is 9.59 Å². The summed E-state index contributed by atoms with van der Waals surface area (Å²) in [6, 6.07) is 22.1. The summed E-state index contributed by atoms with van der Waals surface area (Å²) >= 11 is 0. The van der Waals surface area contributed by atoms with Gasteiger partial charge in [-0.15, -0.1) is 0 Å². The fraction of sp³-hybridized carbons (Fsp3) is 0.167. The van der Waals surface area contributed by atoms with Gasteiger partial charge in [0.05, 0.1) is 0 Å². The molecule has 1 aliphatic rings. The predicted molar refractivity (Wildman–Crippen MR) is 105 cm³/mol. The second kappa shape index (κ2) is 7.09. The van der Waals surface area contributed by atoms with Crippen LogP contribution in [0, 0.1) is 0 Å². The Morgan fingerprint density at radius 2 is 1.31 bits per heavy atom. The van der Waals surface area contributed by atoms with Gasteiger partial charge in [-0.25, -0.2) is 0 Å². The van der Waals surface area contributed by atoms with Crippen LogP contribution in [0.1, 0.15) is 51.5 Å². The number of benzene rings is 3. The van der Waals surface area contributed by atoms with Gasteiger partial charge in [-0.05, 0) is 47.1 Å². The zero-order chi connectivity index (χ0) is 17.9. The molecule has 0 aromatic heterocycles. The minimum Gasteiger partial charge on any atom is -0.298 e. The number of hydrogen-bond acceptors (Lipinski definition) is 2. The summed E-state index contributed by atoms with van der Waals surface area (Å²) in [5.74, 6) is 0.376. The maximum atomic E-state index is 12.1. The SMILES string of the molecule is O=Cc1c(C2CCC2)cc(-c2ccccc2)c(-c2ccccc2)c1C=O. The Kier molecular flexibility index (Phi) is 4.49. The van der Waals surface area contributed by atoms with Crippen LogP contribution in [0.15, 0.2) is 66.7 Å². The Hall–Kier alpha value is -3.00. The van der Waals surface area contributed by atoms with Gasteiger partial charge in [0.2, 0.25) is 0 Å². The molecule has 1 aliphatic carbocycles. The third-order valence-electron chi connectivity index (χ3n) is 5.37. The van der Waals surface area contributed by atoms with Crippen LogP contribution in [0.5, 0.6) is 0 Å². The second-order valence-corrected chi connectivity index (χ2v) is 6.81. The molecule has 4 rings (SSSR count). The van der Waals surface area contributed by atoms with E-state index >= 15 is 0 Å². The lowest BCUT2D eigenvalue weighted by Gasteiger charge is -2.29. The average molecular weight is 340 g/mol. The summed E-state index contributed by atoms with van der Waals surface area (Å²) in [5.41, 5.74) is 5.97. The van der Waals surface area contributed by atoms with Crippen LogP contribution in [0.4, 0.5) is 0 Å². The number of hydrogen-bond donors (Lipinski definition) is 0. The van der Waals surface area contributed by atoms with Crippen molar-refractivity contribution in [3.63, 3.8) is 0 Å². The summed E-state index contributed by atoms with van der Waals surface area (Å²) < 4.78 is 0. The molecule has 2 nitrogen and oxygen atoms in total. The summed E-state index contributed by atoms with van der Waals surface area (Å²) in [6.07, 6.45) is 5.05. The monoisotopic (exact) mass is 340 g/mol. The largest absolute Gasteiger partial charge is 0.298 e. The van der Waals surface area contributed by atoms with Crippen LogP contribution in [0.3, 0.4) is 0 Å². The zero-order valence-corrected chi connectivity index (χ0v) is 14.5. The van der Waals surface area contributed by atoms with Crippen molar-refractivity contribution < 1.29 is 9.59 Å². The van der Waals surface area contributed by atoms with E-state index in [0.717, 1.165) is 53.2 Å². The van der Waals surface area contributed by atoms with Crippen molar-refractivity contribution in [2.24, 2.45) is 0 Å². The molecule has 0 unspecified atom stereocenters. The fourth-order valence-corrected chi connectivity index (χ4v) is 3.81. The zero-order valence-electron chi connectivity index (χ0n) is 14.5. The Labute approximate surface area is 153 Å². The van der Waals surface area contributed by atoms with Crippen molar-refractivity contribution in [1.82, 2.24) is 0 Å². The van der Waals surface area contributed by atoms with Crippen molar-refractivity contribution in [2.45, 2.75) is 25.2 Å². The van der Waals surface area contributed by atoms with E-state index in [1.807, 2.05) is 48.5 Å². The third-order valence-corrected chi connectivity index (χ3v) is 5.37. The third kappa shape index (κ3) is 2.78. The molecule has 0 aliphatic heterocycles. The molecule has 0 heterocycles. The highest BCUT2D eigenvalue weighted by Crippen LogP contribution is 2.44. The lowest BCUT2D eigenvalue weighted by Crippen LogP contribution is -2.14. The average Bonchev–Trinajstić information content (AvgIpc) is 2.67. The van der Waals surface area contributed by atoms with Gasteiger partial charge in [-0.1, -0.05) is 67.1 Å². The standard InChI is InChI=1S/C24H20O2/c25-15-22-20(17-12-7-13-17)14-21(18-8-3-1-4-9-18)24(23(22)16-26)19-10-5-2-6-11-19/h1-6,8-11,14-17H,7,12-13H2. The first-order chi connectivity index (χ1) is 12.8. The molecule has 0 bridgehead atoms. The molecule has 0 amide bonds. The lowest BCUT2D eigenvalue weighted by molar-refractivity contribution is 0.109. The maximum absolute atomic E-state index is 12.1. The van der Waals surface area contributed by atoms with E-state index in [4.69, 9.17) is 0 Å². The molecular weight excluding hydrogens is 320 g/mol. The van der Waals surface area contributed by atoms with E-state index in [1.165, 1.54) is 6.42 Å². The Balaban J connectivity index is 2.07. The number of aldehydes is 2. The van der Waals surface area contributed by atoms with Gasteiger partial charge in [-0.2, -0.15) is 0 Å². The normalized spacial score (nSPS) is 13.8. The van der Waals surface area contributed by atoms with E-state index in [2.05, 4.69) is 18.2 Å². The van der Waals surface area contributed by atoms with Crippen molar-refractivity contribution in [2.75, 3.05) is 0 Å². The topological polar surface area (TPSA) is 34.1 Å². The van der Waals surface area contributed by atoms with E-state index < -0.39 is 0 Å². The maximum Gasteiger partial charge on any atom is 0.151 e. The van der Waals surface area contributed by atoms with Gasteiger partial charge >= 0.3 is 0 Å². The Morgan fingerprint density at radius 1 is 0.731 bits per heavy atom. The number of carbonyl (C=O) groups is 2. The van der Waals surface area contributed by atoms with E-state index in [-0.39, 0.29) is 0 Å². The van der Waals surface area contributed by atoms with Gasteiger partial charge in [0, 0.05) is 16.7 Å². The molecule has 0 radical (unpaired) electrons. The van der Waals surface area contributed by atoms with Crippen LogP contribution in [-0.2, 0) is 0 Å². The van der Waals surface area contributed by atoms with Crippen LogP contribution >= 0.6 is 0 Å². The molecule has 1 fully saturated rings. The van der Waals surface area contributed by atoms with Crippen LogP contribution in [0.2, 0.25) is 0 Å². The first-order valence-electron chi connectivity index (χ1n) is 9.05. The molecule has 3 aromatic carbocycles. The predicted octanol–water partition coefficient (Wildman–Crippen LogP) is 5.91. The summed E-state index contributed by atoms with van der Waals surface area (Å²) in [5, 5.41) is 0. The summed E-state index contributed by atoms with van der Waals surface area (Å²) in [7, 11) is 0. The minimum absolute atomic E-state index is 0.376. The molecule has 3 aromatic rings. The van der Waals surface area contributed by atoms with Gasteiger partial charge in [0.25, 0.3) is 0 Å². The van der Waals surface area contributed by atoms with Gasteiger partial charge < -0.3 is 0 Å². The lowest BCUT2D eigenvalue weighted by atomic mass is 9.75. The van der Waals surface area contributed by atoms with E-state index in [9.17, 15) is 9.59 Å². The highest BCUT2D eigenvalue weighted by molar-refractivity contribution is 6.03. The van der Waals surface area contributed by atoms with Crippen LogP contribution < -0.4 is 0 Å². The van der Waals surface area contributed by atoms with Crippen LogP contribution in [-0.4, -0.2) is 12.6 Å². The molecule has 1 saturated carbocycles. The molecule has 128 valence electrons. The highest BCUT2D eigenvalue weighted by atomic mass is 16.1. The fourth-order valence-electron chi connectivity index (χ4n) is 3.81. The molecule has 26 heavy (non-hydrogen) atoms. The quantitative estimate of drug-likeness (QED) is 0.541. The first kappa shape index (κ1) is 16.5. The molecular formula is C24H20O2. The summed E-state index contributed by atoms with van der Waals surface area (Å²) in [6.45, 7) is 0. The number of carbonyl (C=O) groups excluding carboxylic acids is 2. The summed E-state index contributed by atoms with van der Waals surface area (Å²) in [4.78, 5) is 24.0. The van der Waals surface area contributed by atoms with Gasteiger partial charge in [0.15, 0.2) is 12.6 Å². The molecule has 0 atom stereocenters. The minimum atomic E-state index is 0.376. The van der Waals surface area contributed by atoms with Crippen molar-refractivity contribution in [1.29, 1.82) is 0 Å². The smallest absolute Gasteiger partial charge is 0.151 e. The number of rotatable bonds is 5. The van der Waals surface area contributed by atoms with Crippen LogP contribution in [0.25, 0.3) is 22.3 Å². The van der Waals surface area contributed by atoms with Gasteiger partial charge in [0.1, 0.15) is 0 Å². The first-order valence-corrected chi connectivity index (χ1v) is 9.05. The molecule has 0 spiro atoms. The molecule has 0 saturated heterocycles. The Bertz CT molecular complexity index is 939. The molecule has 0 N–H and O–H groups in total. The van der Waals surface area contributed by atoms with E-state index in [1.54, 1.807) is 0 Å². The molecule has 2 heteroatoms. The van der Waals surface area contributed by atoms with Crippen molar-refractivity contribution >= 4 is 12.6 Å². The highest BCUT2D eigenvalue weighted by Gasteiger charge is 2.27.